The number of unbranched alkanes of at least 4 members (excludes halogenated alkanes) is 1. The highest BCUT2D eigenvalue weighted by Gasteiger charge is 2.09. The summed E-state index contributed by atoms with van der Waals surface area (Å²) in [6.07, 6.45) is 5.18. The molecule has 2 N–H and O–H groups in total. The number of rotatable bonds is 10. The van der Waals surface area contributed by atoms with Crippen molar-refractivity contribution in [3.63, 3.8) is 0 Å². The summed E-state index contributed by atoms with van der Waals surface area (Å²) in [5.41, 5.74) is 8.69. The summed E-state index contributed by atoms with van der Waals surface area (Å²) in [6.45, 7) is 2.82. The van der Waals surface area contributed by atoms with Gasteiger partial charge in [-0.25, -0.2) is 0 Å². The van der Waals surface area contributed by atoms with Crippen LogP contribution >= 0.6 is 0 Å². The summed E-state index contributed by atoms with van der Waals surface area (Å²) in [5.74, 6) is 1.57. The molecule has 0 aliphatic rings. The number of hydrogen-bond donors (Lipinski definition) is 1. The van der Waals surface area contributed by atoms with Gasteiger partial charge >= 0.3 is 0 Å². The molecule has 0 amide bonds. The van der Waals surface area contributed by atoms with E-state index in [-0.39, 0.29) is 6.04 Å². The van der Waals surface area contributed by atoms with Gasteiger partial charge in [0.25, 0.3) is 0 Å². The topological polar surface area (TPSA) is 44.5 Å². The van der Waals surface area contributed by atoms with Gasteiger partial charge in [-0.2, -0.15) is 0 Å². The van der Waals surface area contributed by atoms with Crippen LogP contribution in [0.4, 0.5) is 0 Å². The number of nitrogens with two attached hydrogens (primary N) is 1. The Balaban J connectivity index is 1.95. The lowest BCUT2D eigenvalue weighted by Gasteiger charge is -2.15. The van der Waals surface area contributed by atoms with Gasteiger partial charge in [-0.1, -0.05) is 56.2 Å². The first-order valence-electron chi connectivity index (χ1n) is 8.82. The van der Waals surface area contributed by atoms with E-state index in [1.54, 1.807) is 7.11 Å². The molecule has 0 aliphatic heterocycles. The van der Waals surface area contributed by atoms with Gasteiger partial charge in [0.15, 0.2) is 11.5 Å². The van der Waals surface area contributed by atoms with Gasteiger partial charge in [0, 0.05) is 12.5 Å². The fourth-order valence-corrected chi connectivity index (χ4v) is 2.76. The van der Waals surface area contributed by atoms with Gasteiger partial charge in [0.2, 0.25) is 0 Å². The molecule has 0 bridgehead atoms. The minimum Gasteiger partial charge on any atom is -0.493 e. The van der Waals surface area contributed by atoms with Crippen molar-refractivity contribution in [2.24, 2.45) is 5.73 Å². The predicted octanol–water partition coefficient (Wildman–Crippen LogP) is 4.38. The molecule has 0 heterocycles. The molecule has 24 heavy (non-hydrogen) atoms. The van der Waals surface area contributed by atoms with Gasteiger partial charge in [0.05, 0.1) is 13.7 Å². The first-order valence-corrected chi connectivity index (χ1v) is 8.82. The summed E-state index contributed by atoms with van der Waals surface area (Å²) < 4.78 is 11.4. The van der Waals surface area contributed by atoms with Crippen molar-refractivity contribution >= 4 is 0 Å². The van der Waals surface area contributed by atoms with Gasteiger partial charge in [-0.15, -0.1) is 0 Å². The zero-order chi connectivity index (χ0) is 17.2. The number of benzene rings is 2. The second-order valence-corrected chi connectivity index (χ2v) is 6.18. The van der Waals surface area contributed by atoms with E-state index in [4.69, 9.17) is 15.2 Å². The number of hydrogen-bond acceptors (Lipinski definition) is 3. The van der Waals surface area contributed by atoms with Crippen LogP contribution < -0.4 is 15.2 Å². The first kappa shape index (κ1) is 18.3. The van der Waals surface area contributed by atoms with E-state index < -0.39 is 0 Å². The van der Waals surface area contributed by atoms with E-state index in [0.717, 1.165) is 30.8 Å². The maximum Gasteiger partial charge on any atom is 0.161 e. The Morgan fingerprint density at radius 3 is 2.50 bits per heavy atom. The van der Waals surface area contributed by atoms with Crippen molar-refractivity contribution in [1.29, 1.82) is 0 Å². The fourth-order valence-electron chi connectivity index (χ4n) is 2.76. The van der Waals surface area contributed by atoms with Crippen molar-refractivity contribution in [2.45, 2.75) is 45.1 Å². The van der Waals surface area contributed by atoms with Crippen LogP contribution in [0.3, 0.4) is 0 Å². The van der Waals surface area contributed by atoms with Gasteiger partial charge in [0.1, 0.15) is 0 Å². The molecule has 130 valence electrons. The third-order valence-corrected chi connectivity index (χ3v) is 4.15. The third-order valence-electron chi connectivity index (χ3n) is 4.15. The Hall–Kier alpha value is -2.00. The molecule has 3 nitrogen and oxygen atoms in total. The van der Waals surface area contributed by atoms with E-state index in [2.05, 4.69) is 31.2 Å². The third kappa shape index (κ3) is 5.89. The van der Waals surface area contributed by atoms with Crippen molar-refractivity contribution in [3.05, 3.63) is 59.7 Å². The van der Waals surface area contributed by atoms with Crippen molar-refractivity contribution < 1.29 is 9.47 Å². The fraction of sp³-hybridized carbons (Fsp3) is 0.429. The standard InChI is InChI=1S/C21H29NO2/c1-3-4-10-19(22)15-18-11-12-20(23-2)21(16-18)24-14-13-17-8-6-5-7-9-17/h5-9,11-12,16,19H,3-4,10,13-15,22H2,1-2H3/t19-/m0/s1. The Morgan fingerprint density at radius 2 is 1.79 bits per heavy atom. The van der Waals surface area contributed by atoms with E-state index in [9.17, 15) is 0 Å². The van der Waals surface area contributed by atoms with E-state index >= 15 is 0 Å². The monoisotopic (exact) mass is 327 g/mol. The van der Waals surface area contributed by atoms with E-state index in [1.807, 2.05) is 24.3 Å². The zero-order valence-corrected chi connectivity index (χ0v) is 14.8. The van der Waals surface area contributed by atoms with Gasteiger partial charge in [-0.05, 0) is 36.1 Å². The second kappa shape index (κ2) is 9.99. The molecular formula is C21H29NO2. The van der Waals surface area contributed by atoms with Gasteiger partial charge in [-0.3, -0.25) is 0 Å². The summed E-state index contributed by atoms with van der Waals surface area (Å²) >= 11 is 0. The highest BCUT2D eigenvalue weighted by Crippen LogP contribution is 2.29. The van der Waals surface area contributed by atoms with Crippen LogP contribution in [0.1, 0.15) is 37.3 Å². The lowest BCUT2D eigenvalue weighted by atomic mass is 10.0. The molecule has 2 rings (SSSR count). The lowest BCUT2D eigenvalue weighted by Crippen LogP contribution is -2.22. The van der Waals surface area contributed by atoms with Crippen LogP contribution in [0.2, 0.25) is 0 Å². The average molecular weight is 327 g/mol. The summed E-state index contributed by atoms with van der Waals surface area (Å²) in [7, 11) is 1.67. The second-order valence-electron chi connectivity index (χ2n) is 6.18. The Kier molecular flexibility index (Phi) is 7.63. The quantitative estimate of drug-likeness (QED) is 0.704. The molecule has 3 heteroatoms. The highest BCUT2D eigenvalue weighted by molar-refractivity contribution is 5.43. The molecule has 0 radical (unpaired) electrons. The molecule has 0 aliphatic carbocycles. The lowest BCUT2D eigenvalue weighted by molar-refractivity contribution is 0.297. The van der Waals surface area contributed by atoms with Crippen LogP contribution in [0.5, 0.6) is 11.5 Å². The molecule has 2 aromatic carbocycles. The van der Waals surface area contributed by atoms with E-state index in [1.165, 1.54) is 24.0 Å². The van der Waals surface area contributed by atoms with Crippen molar-refractivity contribution in [1.82, 2.24) is 0 Å². The Bertz CT molecular complexity index is 598. The van der Waals surface area contributed by atoms with Crippen LogP contribution in [-0.2, 0) is 12.8 Å². The van der Waals surface area contributed by atoms with Crippen LogP contribution in [0.25, 0.3) is 0 Å². The minimum absolute atomic E-state index is 0.204. The predicted molar refractivity (Wildman–Crippen MR) is 99.8 cm³/mol. The summed E-state index contributed by atoms with van der Waals surface area (Å²) in [4.78, 5) is 0. The van der Waals surface area contributed by atoms with Crippen molar-refractivity contribution in [2.75, 3.05) is 13.7 Å². The Labute approximate surface area is 145 Å². The molecule has 0 aromatic heterocycles. The molecule has 1 atom stereocenters. The minimum atomic E-state index is 0.204. The summed E-state index contributed by atoms with van der Waals surface area (Å²) in [5, 5.41) is 0. The maximum atomic E-state index is 6.22. The molecule has 0 unspecified atom stereocenters. The smallest absolute Gasteiger partial charge is 0.161 e. The molecule has 2 aromatic rings. The van der Waals surface area contributed by atoms with Crippen LogP contribution in [-0.4, -0.2) is 19.8 Å². The average Bonchev–Trinajstić information content (AvgIpc) is 2.61. The molecule has 0 saturated heterocycles. The molecule has 0 fully saturated rings. The zero-order valence-electron chi connectivity index (χ0n) is 14.8. The number of ether oxygens (including phenoxy) is 2. The van der Waals surface area contributed by atoms with Crippen LogP contribution in [0.15, 0.2) is 48.5 Å². The molecule has 0 saturated carbocycles. The maximum absolute atomic E-state index is 6.22. The highest BCUT2D eigenvalue weighted by atomic mass is 16.5. The molecule has 0 spiro atoms. The van der Waals surface area contributed by atoms with Gasteiger partial charge < -0.3 is 15.2 Å². The molecular weight excluding hydrogens is 298 g/mol. The largest absolute Gasteiger partial charge is 0.493 e. The number of methoxy groups -OCH3 is 1. The Morgan fingerprint density at radius 1 is 1.00 bits per heavy atom. The van der Waals surface area contributed by atoms with Crippen molar-refractivity contribution in [3.8, 4) is 11.5 Å². The van der Waals surface area contributed by atoms with E-state index in [0.29, 0.717) is 6.61 Å². The van der Waals surface area contributed by atoms with Crippen LogP contribution in [0, 0.1) is 0 Å². The summed E-state index contributed by atoms with van der Waals surface area (Å²) in [6, 6.07) is 16.7. The SMILES string of the molecule is CCCC[C@H](N)Cc1ccc(OC)c(OCCc2ccccc2)c1. The first-order chi connectivity index (χ1) is 11.7. The normalized spacial score (nSPS) is 12.0.